The summed E-state index contributed by atoms with van der Waals surface area (Å²) in [5.74, 6) is 1.64. The van der Waals surface area contributed by atoms with Gasteiger partial charge in [0, 0.05) is 18.0 Å². The lowest BCUT2D eigenvalue weighted by molar-refractivity contribution is 0.0793. The molecule has 1 aliphatic heterocycles. The normalized spacial score (nSPS) is 22.4. The molecule has 0 bridgehead atoms. The molecule has 1 aromatic rings. The summed E-state index contributed by atoms with van der Waals surface area (Å²) >= 11 is 1.66. The number of nitrogen functional groups attached to an aromatic ring is 1. The van der Waals surface area contributed by atoms with E-state index in [-0.39, 0.29) is 5.91 Å². The van der Waals surface area contributed by atoms with E-state index >= 15 is 0 Å². The molecule has 0 saturated carbocycles. The van der Waals surface area contributed by atoms with Crippen LogP contribution < -0.4 is 5.73 Å². The molecule has 3 nitrogen and oxygen atoms in total. The Bertz CT molecular complexity index is 515. The Hall–Kier alpha value is -1.03. The quantitative estimate of drug-likeness (QED) is 0.909. The third-order valence-electron chi connectivity index (χ3n) is 4.88. The van der Waals surface area contributed by atoms with Crippen molar-refractivity contribution in [1.82, 2.24) is 4.90 Å². The molecule has 1 saturated heterocycles. The summed E-state index contributed by atoms with van der Waals surface area (Å²) in [6.07, 6.45) is 5.60. The molecule has 1 atom stereocenters. The lowest BCUT2D eigenvalue weighted by Gasteiger charge is -2.26. The number of rotatable bonds is 2. The van der Waals surface area contributed by atoms with Crippen LogP contribution in [0.25, 0.3) is 0 Å². The molecule has 0 radical (unpaired) electrons. The first-order valence-corrected chi connectivity index (χ1v) is 8.59. The van der Waals surface area contributed by atoms with Crippen LogP contribution in [0.5, 0.6) is 0 Å². The van der Waals surface area contributed by atoms with Crippen LogP contribution in [-0.2, 0) is 12.8 Å². The van der Waals surface area contributed by atoms with E-state index < -0.39 is 0 Å². The molecule has 2 heterocycles. The molecular weight excluding hydrogens is 268 g/mol. The number of nitrogens with two attached hydrogens (primary N) is 1. The van der Waals surface area contributed by atoms with Crippen LogP contribution in [0.15, 0.2) is 0 Å². The van der Waals surface area contributed by atoms with Gasteiger partial charge in [-0.15, -0.1) is 11.3 Å². The average Bonchev–Trinajstić information content (AvgIpc) is 3.03. The molecule has 1 aliphatic carbocycles. The van der Waals surface area contributed by atoms with Gasteiger partial charge in [-0.25, -0.2) is 0 Å². The van der Waals surface area contributed by atoms with Crippen molar-refractivity contribution in [1.29, 1.82) is 0 Å². The second-order valence-corrected chi connectivity index (χ2v) is 7.63. The standard InChI is InChI=1S/C16H24N2OS/c1-10(2)11-5-6-12-13(9-11)20-15(17)14(12)16(19)18-7-3-4-8-18/h10-11H,3-9,17H2,1-2H3. The molecule has 3 rings (SSSR count). The minimum atomic E-state index is 0.181. The van der Waals surface area contributed by atoms with Crippen molar-refractivity contribution in [3.05, 3.63) is 16.0 Å². The van der Waals surface area contributed by atoms with Crippen LogP contribution in [0.3, 0.4) is 0 Å². The Balaban J connectivity index is 1.88. The summed E-state index contributed by atoms with van der Waals surface area (Å²) in [5.41, 5.74) is 8.29. The van der Waals surface area contributed by atoms with Gasteiger partial charge < -0.3 is 10.6 Å². The van der Waals surface area contributed by atoms with Gasteiger partial charge in [0.15, 0.2) is 0 Å². The largest absolute Gasteiger partial charge is 0.390 e. The number of likely N-dealkylation sites (tertiary alicyclic amines) is 1. The Morgan fingerprint density at radius 3 is 2.70 bits per heavy atom. The highest BCUT2D eigenvalue weighted by Gasteiger charge is 2.31. The molecule has 1 amide bonds. The highest BCUT2D eigenvalue weighted by molar-refractivity contribution is 7.16. The fraction of sp³-hybridized carbons (Fsp3) is 0.688. The zero-order valence-corrected chi connectivity index (χ0v) is 13.3. The lowest BCUT2D eigenvalue weighted by atomic mass is 9.81. The SMILES string of the molecule is CC(C)C1CCc2c(sc(N)c2C(=O)N2CCCC2)C1. The minimum Gasteiger partial charge on any atom is -0.390 e. The predicted octanol–water partition coefficient (Wildman–Crippen LogP) is 3.33. The van der Waals surface area contributed by atoms with Gasteiger partial charge in [-0.1, -0.05) is 13.8 Å². The first-order valence-electron chi connectivity index (χ1n) is 7.77. The van der Waals surface area contributed by atoms with Crippen molar-refractivity contribution in [2.24, 2.45) is 11.8 Å². The van der Waals surface area contributed by atoms with E-state index in [2.05, 4.69) is 13.8 Å². The zero-order valence-electron chi connectivity index (χ0n) is 12.4. The molecule has 20 heavy (non-hydrogen) atoms. The van der Waals surface area contributed by atoms with Crippen molar-refractivity contribution >= 4 is 22.2 Å². The van der Waals surface area contributed by atoms with E-state index in [4.69, 9.17) is 5.73 Å². The number of hydrogen-bond acceptors (Lipinski definition) is 3. The van der Waals surface area contributed by atoms with Gasteiger partial charge in [-0.3, -0.25) is 4.79 Å². The van der Waals surface area contributed by atoms with Crippen LogP contribution in [0.1, 0.15) is 53.9 Å². The van der Waals surface area contributed by atoms with Gasteiger partial charge in [-0.05, 0) is 49.5 Å². The minimum absolute atomic E-state index is 0.181. The summed E-state index contributed by atoms with van der Waals surface area (Å²) in [7, 11) is 0. The first-order chi connectivity index (χ1) is 9.58. The fourth-order valence-electron chi connectivity index (χ4n) is 3.51. The summed E-state index contributed by atoms with van der Waals surface area (Å²) in [5, 5.41) is 0.747. The molecule has 1 fully saturated rings. The smallest absolute Gasteiger partial charge is 0.257 e. The van der Waals surface area contributed by atoms with Crippen LogP contribution in [-0.4, -0.2) is 23.9 Å². The highest BCUT2D eigenvalue weighted by Crippen LogP contribution is 2.40. The van der Waals surface area contributed by atoms with Crippen molar-refractivity contribution < 1.29 is 4.79 Å². The lowest BCUT2D eigenvalue weighted by Crippen LogP contribution is -2.29. The Morgan fingerprint density at radius 1 is 1.35 bits per heavy atom. The second kappa shape index (κ2) is 5.40. The van der Waals surface area contributed by atoms with Crippen LogP contribution >= 0.6 is 11.3 Å². The van der Waals surface area contributed by atoms with Crippen LogP contribution in [0.4, 0.5) is 5.00 Å². The van der Waals surface area contributed by atoms with Crippen molar-refractivity contribution in [2.75, 3.05) is 18.8 Å². The zero-order chi connectivity index (χ0) is 14.3. The maximum atomic E-state index is 12.7. The molecule has 2 N–H and O–H groups in total. The van der Waals surface area contributed by atoms with E-state index in [1.54, 1.807) is 11.3 Å². The van der Waals surface area contributed by atoms with Gasteiger partial charge in [0.1, 0.15) is 0 Å². The van der Waals surface area contributed by atoms with Crippen molar-refractivity contribution in [3.8, 4) is 0 Å². The monoisotopic (exact) mass is 292 g/mol. The maximum absolute atomic E-state index is 12.7. The van der Waals surface area contributed by atoms with Crippen LogP contribution in [0.2, 0.25) is 0 Å². The fourth-order valence-corrected chi connectivity index (χ4v) is 4.72. The summed E-state index contributed by atoms with van der Waals surface area (Å²) < 4.78 is 0. The Kier molecular flexibility index (Phi) is 3.76. The summed E-state index contributed by atoms with van der Waals surface area (Å²) in [6, 6.07) is 0. The van der Waals surface area contributed by atoms with Gasteiger partial charge in [0.05, 0.1) is 10.6 Å². The average molecular weight is 292 g/mol. The van der Waals surface area contributed by atoms with E-state index in [0.29, 0.717) is 5.92 Å². The molecule has 110 valence electrons. The number of fused-ring (bicyclic) bond motifs is 1. The second-order valence-electron chi connectivity index (χ2n) is 6.49. The molecule has 2 aliphatic rings. The molecule has 0 aromatic carbocycles. The Labute approximate surface area is 125 Å². The number of carbonyl (C=O) groups excluding carboxylic acids is 1. The van der Waals surface area contributed by atoms with E-state index in [9.17, 15) is 4.79 Å². The third kappa shape index (κ3) is 2.34. The predicted molar refractivity (Wildman–Crippen MR) is 84.2 cm³/mol. The van der Waals surface area contributed by atoms with Gasteiger partial charge in [-0.2, -0.15) is 0 Å². The van der Waals surface area contributed by atoms with Crippen LogP contribution in [0, 0.1) is 11.8 Å². The van der Waals surface area contributed by atoms with E-state index in [1.165, 1.54) is 16.9 Å². The molecule has 4 heteroatoms. The van der Waals surface area contributed by atoms with E-state index in [0.717, 1.165) is 55.3 Å². The Morgan fingerprint density at radius 2 is 2.05 bits per heavy atom. The van der Waals surface area contributed by atoms with Crippen molar-refractivity contribution in [3.63, 3.8) is 0 Å². The number of thiophene rings is 1. The summed E-state index contributed by atoms with van der Waals surface area (Å²) in [6.45, 7) is 6.39. The third-order valence-corrected chi connectivity index (χ3v) is 5.96. The number of carbonyl (C=O) groups is 1. The highest BCUT2D eigenvalue weighted by atomic mass is 32.1. The number of nitrogens with zero attached hydrogens (tertiary/aromatic N) is 1. The number of hydrogen-bond donors (Lipinski definition) is 1. The maximum Gasteiger partial charge on any atom is 0.257 e. The van der Waals surface area contributed by atoms with Gasteiger partial charge in [0.2, 0.25) is 0 Å². The first kappa shape index (κ1) is 13.9. The summed E-state index contributed by atoms with van der Waals surface area (Å²) in [4.78, 5) is 16.0. The van der Waals surface area contributed by atoms with Gasteiger partial charge >= 0.3 is 0 Å². The number of amides is 1. The molecular formula is C16H24N2OS. The molecule has 1 aromatic heterocycles. The molecule has 0 spiro atoms. The number of anilines is 1. The topological polar surface area (TPSA) is 46.3 Å². The molecule has 1 unspecified atom stereocenters. The van der Waals surface area contributed by atoms with Crippen molar-refractivity contribution in [2.45, 2.75) is 46.0 Å². The van der Waals surface area contributed by atoms with E-state index in [1.807, 2.05) is 4.90 Å². The van der Waals surface area contributed by atoms with Gasteiger partial charge in [0.25, 0.3) is 5.91 Å².